The molecule has 1 amide bonds. The molecule has 0 radical (unpaired) electrons. The summed E-state index contributed by atoms with van der Waals surface area (Å²) in [4.78, 5) is 14.1. The lowest BCUT2D eigenvalue weighted by atomic mass is 9.80. The van der Waals surface area contributed by atoms with Gasteiger partial charge in [0, 0.05) is 12.6 Å². The lowest BCUT2D eigenvalue weighted by molar-refractivity contribution is -0.121. The van der Waals surface area contributed by atoms with Crippen molar-refractivity contribution in [3.05, 3.63) is 0 Å². The molecule has 1 atom stereocenters. The topological polar surface area (TPSA) is 44.4 Å². The van der Waals surface area contributed by atoms with Crippen LogP contribution in [0.4, 0.5) is 0 Å². The van der Waals surface area contributed by atoms with E-state index in [9.17, 15) is 4.79 Å². The molecule has 1 heterocycles. The fourth-order valence-corrected chi connectivity index (χ4v) is 2.12. The van der Waals surface area contributed by atoms with Gasteiger partial charge in [-0.25, -0.2) is 0 Å². The number of likely N-dealkylation sites (tertiary alicyclic amines) is 1. The van der Waals surface area contributed by atoms with Gasteiger partial charge in [-0.15, -0.1) is 0 Å². The third kappa shape index (κ3) is 5.36. The summed E-state index contributed by atoms with van der Waals surface area (Å²) < 4.78 is 0. The molecule has 1 unspecified atom stereocenters. The van der Waals surface area contributed by atoms with Gasteiger partial charge in [0.1, 0.15) is 0 Å². The Bertz CT molecular complexity index is 260. The highest BCUT2D eigenvalue weighted by Crippen LogP contribution is 2.29. The van der Waals surface area contributed by atoms with E-state index in [0.717, 1.165) is 26.1 Å². The summed E-state index contributed by atoms with van der Waals surface area (Å²) in [6.07, 6.45) is 3.39. The number of carbonyl (C=O) groups is 1. The van der Waals surface area contributed by atoms with Gasteiger partial charge in [-0.1, -0.05) is 13.8 Å². The molecule has 1 rings (SSSR count). The van der Waals surface area contributed by atoms with Crippen molar-refractivity contribution in [3.8, 4) is 0 Å². The van der Waals surface area contributed by atoms with Gasteiger partial charge >= 0.3 is 0 Å². The molecule has 0 aromatic carbocycles. The average Bonchev–Trinajstić information content (AvgIpc) is 2.37. The quantitative estimate of drug-likeness (QED) is 0.750. The van der Waals surface area contributed by atoms with Crippen molar-refractivity contribution >= 4 is 5.91 Å². The molecule has 0 saturated carbocycles. The Morgan fingerprint density at radius 1 is 1.39 bits per heavy atom. The number of amides is 1. The third-order valence-corrected chi connectivity index (χ3v) is 4.13. The Labute approximate surface area is 111 Å². The molecule has 1 saturated heterocycles. The van der Waals surface area contributed by atoms with Gasteiger partial charge in [0.15, 0.2) is 0 Å². The highest BCUT2D eigenvalue weighted by atomic mass is 16.1. The van der Waals surface area contributed by atoms with E-state index in [1.54, 1.807) is 0 Å². The second kappa shape index (κ2) is 7.10. The second-order valence-corrected chi connectivity index (χ2v) is 6.08. The molecular formula is C14H29N3O. The molecular weight excluding hydrogens is 226 g/mol. The minimum atomic E-state index is 0.121. The van der Waals surface area contributed by atoms with Gasteiger partial charge in [-0.3, -0.25) is 4.79 Å². The summed E-state index contributed by atoms with van der Waals surface area (Å²) in [6.45, 7) is 10.0. The lowest BCUT2D eigenvalue weighted by Crippen LogP contribution is -2.46. The first-order valence-corrected chi connectivity index (χ1v) is 7.14. The molecule has 0 spiro atoms. The summed E-state index contributed by atoms with van der Waals surface area (Å²) >= 11 is 0. The van der Waals surface area contributed by atoms with Crippen LogP contribution in [0, 0.1) is 5.41 Å². The van der Waals surface area contributed by atoms with E-state index in [1.165, 1.54) is 12.8 Å². The number of carbonyl (C=O) groups excluding carboxylic acids is 1. The van der Waals surface area contributed by atoms with Gasteiger partial charge in [-0.05, 0) is 51.7 Å². The van der Waals surface area contributed by atoms with Crippen molar-refractivity contribution in [2.45, 2.75) is 46.1 Å². The van der Waals surface area contributed by atoms with Crippen LogP contribution in [0.3, 0.4) is 0 Å². The Balaban J connectivity index is 2.21. The van der Waals surface area contributed by atoms with Crippen molar-refractivity contribution in [2.24, 2.45) is 5.41 Å². The number of nitrogens with one attached hydrogen (secondary N) is 2. The molecule has 0 aromatic heterocycles. The normalized spacial score (nSPS) is 21.6. The first-order valence-electron chi connectivity index (χ1n) is 7.14. The van der Waals surface area contributed by atoms with Crippen LogP contribution < -0.4 is 10.6 Å². The van der Waals surface area contributed by atoms with Crippen molar-refractivity contribution in [3.63, 3.8) is 0 Å². The summed E-state index contributed by atoms with van der Waals surface area (Å²) in [6, 6.07) is 0.412. The van der Waals surface area contributed by atoms with Crippen LogP contribution in [0.5, 0.6) is 0 Å². The molecule has 4 heteroatoms. The lowest BCUT2D eigenvalue weighted by Gasteiger charge is -2.38. The molecule has 4 nitrogen and oxygen atoms in total. The number of hydrogen-bond donors (Lipinski definition) is 2. The van der Waals surface area contributed by atoms with Crippen LogP contribution >= 0.6 is 0 Å². The standard InChI is InChI=1S/C14H29N3O/c1-5-12(2)15-10-13(18)16-11-14(3)6-8-17(4)9-7-14/h12,15H,5-11H2,1-4H3,(H,16,18). The van der Waals surface area contributed by atoms with Crippen LogP contribution in [0.25, 0.3) is 0 Å². The van der Waals surface area contributed by atoms with E-state index in [-0.39, 0.29) is 11.3 Å². The zero-order chi connectivity index (χ0) is 13.6. The van der Waals surface area contributed by atoms with Gasteiger partial charge in [0.05, 0.1) is 6.54 Å². The molecule has 106 valence electrons. The van der Waals surface area contributed by atoms with E-state index >= 15 is 0 Å². The van der Waals surface area contributed by atoms with Crippen LogP contribution in [0.2, 0.25) is 0 Å². The number of piperidine rings is 1. The minimum absolute atomic E-state index is 0.121. The second-order valence-electron chi connectivity index (χ2n) is 6.08. The first-order chi connectivity index (χ1) is 8.45. The van der Waals surface area contributed by atoms with Crippen LogP contribution in [-0.4, -0.2) is 50.1 Å². The maximum atomic E-state index is 11.7. The molecule has 0 bridgehead atoms. The molecule has 0 aromatic rings. The Morgan fingerprint density at radius 2 is 2.00 bits per heavy atom. The summed E-state index contributed by atoms with van der Waals surface area (Å²) in [5, 5.41) is 6.29. The van der Waals surface area contributed by atoms with Gasteiger partial charge in [0.2, 0.25) is 5.91 Å². The molecule has 2 N–H and O–H groups in total. The predicted molar refractivity (Wildman–Crippen MR) is 75.6 cm³/mol. The molecule has 0 aliphatic carbocycles. The monoisotopic (exact) mass is 255 g/mol. The first kappa shape index (κ1) is 15.4. The Morgan fingerprint density at radius 3 is 2.56 bits per heavy atom. The number of rotatable bonds is 6. The average molecular weight is 255 g/mol. The Kier molecular flexibility index (Phi) is 6.09. The van der Waals surface area contributed by atoms with E-state index in [2.05, 4.69) is 43.4 Å². The van der Waals surface area contributed by atoms with Crippen LogP contribution in [0.1, 0.15) is 40.0 Å². The Hall–Kier alpha value is -0.610. The SMILES string of the molecule is CCC(C)NCC(=O)NCC1(C)CCN(C)CC1. The van der Waals surface area contributed by atoms with Crippen molar-refractivity contribution in [2.75, 3.05) is 33.2 Å². The zero-order valence-electron chi connectivity index (χ0n) is 12.4. The van der Waals surface area contributed by atoms with Crippen LogP contribution in [0.15, 0.2) is 0 Å². The molecule has 1 fully saturated rings. The summed E-state index contributed by atoms with van der Waals surface area (Å²) in [5.41, 5.74) is 0.276. The van der Waals surface area contributed by atoms with E-state index < -0.39 is 0 Å². The van der Waals surface area contributed by atoms with Gasteiger partial charge in [0.25, 0.3) is 0 Å². The summed E-state index contributed by atoms with van der Waals surface area (Å²) in [7, 11) is 2.16. The largest absolute Gasteiger partial charge is 0.354 e. The highest BCUT2D eigenvalue weighted by Gasteiger charge is 2.28. The molecule has 1 aliphatic heterocycles. The number of hydrogen-bond acceptors (Lipinski definition) is 3. The fourth-order valence-electron chi connectivity index (χ4n) is 2.12. The van der Waals surface area contributed by atoms with Crippen molar-refractivity contribution in [1.29, 1.82) is 0 Å². The van der Waals surface area contributed by atoms with Crippen molar-refractivity contribution < 1.29 is 4.79 Å². The predicted octanol–water partition coefficient (Wildman–Crippen LogP) is 1.22. The van der Waals surface area contributed by atoms with E-state index in [0.29, 0.717) is 12.6 Å². The third-order valence-electron chi connectivity index (χ3n) is 4.13. The molecule has 18 heavy (non-hydrogen) atoms. The van der Waals surface area contributed by atoms with Crippen molar-refractivity contribution in [1.82, 2.24) is 15.5 Å². The fraction of sp³-hybridized carbons (Fsp3) is 0.929. The van der Waals surface area contributed by atoms with E-state index in [1.807, 2.05) is 0 Å². The minimum Gasteiger partial charge on any atom is -0.354 e. The molecule has 1 aliphatic rings. The highest BCUT2D eigenvalue weighted by molar-refractivity contribution is 5.78. The zero-order valence-corrected chi connectivity index (χ0v) is 12.4. The smallest absolute Gasteiger partial charge is 0.233 e. The maximum Gasteiger partial charge on any atom is 0.233 e. The van der Waals surface area contributed by atoms with Gasteiger partial charge in [-0.2, -0.15) is 0 Å². The van der Waals surface area contributed by atoms with E-state index in [4.69, 9.17) is 0 Å². The van der Waals surface area contributed by atoms with Gasteiger partial charge < -0.3 is 15.5 Å². The summed E-state index contributed by atoms with van der Waals surface area (Å²) in [5.74, 6) is 0.121. The number of nitrogens with zero attached hydrogens (tertiary/aromatic N) is 1. The van der Waals surface area contributed by atoms with Crippen LogP contribution in [-0.2, 0) is 4.79 Å². The maximum absolute atomic E-state index is 11.7.